The molecular weight excluding hydrogens is 473 g/mol. The number of carbonyl (C=O) groups excluding carboxylic acids is 2. The molecule has 0 bridgehead atoms. The molecule has 2 atom stereocenters. The first kappa shape index (κ1) is 28.1. The van der Waals surface area contributed by atoms with Crippen LogP contribution in [0.1, 0.15) is 74.6 Å². The van der Waals surface area contributed by atoms with Gasteiger partial charge >= 0.3 is 11.9 Å². The molecule has 2 fully saturated rings. The fraction of sp³-hybridized carbons (Fsp3) is 0.643. The molecule has 8 heteroatoms. The third kappa shape index (κ3) is 8.56. The van der Waals surface area contributed by atoms with Gasteiger partial charge in [-0.1, -0.05) is 6.58 Å². The van der Waals surface area contributed by atoms with Crippen LogP contribution in [-0.4, -0.2) is 49.8 Å². The van der Waals surface area contributed by atoms with E-state index < -0.39 is 30.5 Å². The number of rotatable bonds is 12. The lowest BCUT2D eigenvalue weighted by Crippen LogP contribution is -2.40. The van der Waals surface area contributed by atoms with Crippen molar-refractivity contribution in [1.82, 2.24) is 0 Å². The Bertz CT molecular complexity index is 826. The van der Waals surface area contributed by atoms with Crippen molar-refractivity contribution in [3.05, 3.63) is 42.5 Å². The summed E-state index contributed by atoms with van der Waals surface area (Å²) >= 11 is 0. The van der Waals surface area contributed by atoms with Crippen molar-refractivity contribution >= 4 is 11.9 Å². The number of hydrogen-bond donors (Lipinski definition) is 0. The van der Waals surface area contributed by atoms with E-state index in [0.29, 0.717) is 37.4 Å². The fourth-order valence-corrected chi connectivity index (χ4v) is 5.11. The van der Waals surface area contributed by atoms with Crippen molar-refractivity contribution < 1.29 is 37.0 Å². The molecule has 0 amide bonds. The first-order valence-corrected chi connectivity index (χ1v) is 13.0. The number of ether oxygens (including phenoxy) is 3. The maximum absolute atomic E-state index is 13.8. The van der Waals surface area contributed by atoms with E-state index in [-0.39, 0.29) is 30.8 Å². The number of hydrogen-bond acceptors (Lipinski definition) is 5. The average Bonchev–Trinajstić information content (AvgIpc) is 2.89. The summed E-state index contributed by atoms with van der Waals surface area (Å²) in [6, 6.07) is 6.83. The Hall–Kier alpha value is -2.51. The summed E-state index contributed by atoms with van der Waals surface area (Å²) < 4.78 is 57.3. The van der Waals surface area contributed by atoms with Crippen LogP contribution in [0.15, 0.2) is 36.9 Å². The van der Waals surface area contributed by atoms with Gasteiger partial charge in [0.15, 0.2) is 6.17 Å². The topological polar surface area (TPSA) is 61.8 Å². The molecule has 2 aliphatic carbocycles. The predicted octanol–water partition coefficient (Wildman–Crippen LogP) is 6.49. The van der Waals surface area contributed by atoms with E-state index in [4.69, 9.17) is 14.2 Å². The van der Waals surface area contributed by atoms with Crippen LogP contribution in [0.4, 0.5) is 13.2 Å². The first-order valence-electron chi connectivity index (χ1n) is 13.0. The predicted molar refractivity (Wildman–Crippen MR) is 130 cm³/mol. The van der Waals surface area contributed by atoms with E-state index in [1.54, 1.807) is 24.3 Å². The second kappa shape index (κ2) is 14.3. The number of esters is 2. The van der Waals surface area contributed by atoms with Gasteiger partial charge in [-0.05, 0) is 100 Å². The Morgan fingerprint density at radius 2 is 1.47 bits per heavy atom. The van der Waals surface area contributed by atoms with Crippen LogP contribution in [0.2, 0.25) is 0 Å². The van der Waals surface area contributed by atoms with Gasteiger partial charge in [0.25, 0.3) is 0 Å². The summed E-state index contributed by atoms with van der Waals surface area (Å²) in [5.74, 6) is -0.121. The molecule has 0 saturated heterocycles. The number of halogens is 3. The summed E-state index contributed by atoms with van der Waals surface area (Å²) in [5, 5.41) is 0. The molecule has 200 valence electrons. The van der Waals surface area contributed by atoms with E-state index in [2.05, 4.69) is 6.58 Å². The minimum absolute atomic E-state index is 0.0817. The quantitative estimate of drug-likeness (QED) is 0.183. The van der Waals surface area contributed by atoms with Gasteiger partial charge in [0.2, 0.25) is 0 Å². The standard InChI is InChI=1S/C28H37F3O5/c1-2-26(32)35-16-6-4-3-5-15-34-22-11-9-20(10-12-22)28(33)36-23-13-7-19(8-14-23)21-17-24(29)27(31)25(30)18-21/h2,9-12,19,21,23-25,27H,1,3-8,13-18H2. The van der Waals surface area contributed by atoms with Crippen LogP contribution in [0.3, 0.4) is 0 Å². The van der Waals surface area contributed by atoms with E-state index in [9.17, 15) is 22.8 Å². The third-order valence-corrected chi connectivity index (χ3v) is 7.21. The van der Waals surface area contributed by atoms with Crippen molar-refractivity contribution in [1.29, 1.82) is 0 Å². The third-order valence-electron chi connectivity index (χ3n) is 7.21. The van der Waals surface area contributed by atoms with Crippen LogP contribution in [0, 0.1) is 11.8 Å². The Kier molecular flexibility index (Phi) is 11.1. The van der Waals surface area contributed by atoms with Crippen molar-refractivity contribution in [2.75, 3.05) is 13.2 Å². The molecule has 1 aromatic rings. The van der Waals surface area contributed by atoms with E-state index in [1.807, 2.05) is 0 Å². The van der Waals surface area contributed by atoms with Gasteiger partial charge in [0.05, 0.1) is 18.8 Å². The first-order chi connectivity index (χ1) is 17.4. The van der Waals surface area contributed by atoms with Crippen LogP contribution < -0.4 is 4.74 Å². The number of unbranched alkanes of at least 4 members (excludes halogenated alkanes) is 3. The molecule has 0 heterocycles. The van der Waals surface area contributed by atoms with E-state index in [0.717, 1.165) is 44.6 Å². The van der Waals surface area contributed by atoms with E-state index in [1.165, 1.54) is 0 Å². The summed E-state index contributed by atoms with van der Waals surface area (Å²) in [5.41, 5.74) is 0.445. The van der Waals surface area contributed by atoms with E-state index >= 15 is 0 Å². The van der Waals surface area contributed by atoms with Gasteiger partial charge in [-0.2, -0.15) is 0 Å². The van der Waals surface area contributed by atoms with Gasteiger partial charge in [-0.25, -0.2) is 22.8 Å². The monoisotopic (exact) mass is 510 g/mol. The molecule has 0 spiro atoms. The lowest BCUT2D eigenvalue weighted by atomic mass is 9.71. The van der Waals surface area contributed by atoms with Gasteiger partial charge in [0.1, 0.15) is 24.2 Å². The van der Waals surface area contributed by atoms with Crippen LogP contribution in [0.25, 0.3) is 0 Å². The van der Waals surface area contributed by atoms with Crippen molar-refractivity contribution in [3.63, 3.8) is 0 Å². The second-order valence-electron chi connectivity index (χ2n) is 9.81. The highest BCUT2D eigenvalue weighted by Gasteiger charge is 2.42. The minimum atomic E-state index is -2.00. The van der Waals surface area contributed by atoms with Crippen LogP contribution >= 0.6 is 0 Å². The molecule has 36 heavy (non-hydrogen) atoms. The zero-order valence-corrected chi connectivity index (χ0v) is 20.7. The zero-order chi connectivity index (χ0) is 25.9. The molecule has 0 aromatic heterocycles. The Morgan fingerprint density at radius 3 is 2.08 bits per heavy atom. The largest absolute Gasteiger partial charge is 0.494 e. The smallest absolute Gasteiger partial charge is 0.338 e. The lowest BCUT2D eigenvalue weighted by molar-refractivity contribution is -0.137. The molecule has 0 aliphatic heterocycles. The summed E-state index contributed by atoms with van der Waals surface area (Å²) in [6.45, 7) is 4.30. The van der Waals surface area contributed by atoms with Gasteiger partial charge in [-0.15, -0.1) is 0 Å². The SMILES string of the molecule is C=CC(=O)OCCCCCCOc1ccc(C(=O)OC2CCC(C3CC(F)C(F)C(F)C3)CC2)cc1. The molecule has 3 rings (SSSR count). The Labute approximate surface area is 211 Å². The normalized spacial score (nSPS) is 28.2. The zero-order valence-electron chi connectivity index (χ0n) is 20.7. The van der Waals surface area contributed by atoms with Gasteiger partial charge in [-0.3, -0.25) is 0 Å². The lowest BCUT2D eigenvalue weighted by Gasteiger charge is -2.38. The average molecular weight is 511 g/mol. The highest BCUT2D eigenvalue weighted by atomic mass is 19.2. The molecule has 0 N–H and O–H groups in total. The van der Waals surface area contributed by atoms with Crippen LogP contribution in [-0.2, 0) is 14.3 Å². The molecule has 0 radical (unpaired) electrons. The molecule has 1 aromatic carbocycles. The molecule has 5 nitrogen and oxygen atoms in total. The Morgan fingerprint density at radius 1 is 0.861 bits per heavy atom. The summed E-state index contributed by atoms with van der Waals surface area (Å²) in [4.78, 5) is 23.5. The maximum atomic E-state index is 13.8. The number of carbonyl (C=O) groups is 2. The maximum Gasteiger partial charge on any atom is 0.338 e. The number of benzene rings is 1. The second-order valence-corrected chi connectivity index (χ2v) is 9.81. The van der Waals surface area contributed by atoms with Gasteiger partial charge < -0.3 is 14.2 Å². The summed E-state index contributed by atoms with van der Waals surface area (Å²) in [6.07, 6.45) is 1.98. The minimum Gasteiger partial charge on any atom is -0.494 e. The van der Waals surface area contributed by atoms with Crippen molar-refractivity contribution in [2.45, 2.75) is 88.8 Å². The number of alkyl halides is 3. The molecule has 2 saturated carbocycles. The summed E-state index contributed by atoms with van der Waals surface area (Å²) in [7, 11) is 0. The molecular formula is C28H37F3O5. The fourth-order valence-electron chi connectivity index (χ4n) is 5.11. The highest BCUT2D eigenvalue weighted by molar-refractivity contribution is 5.89. The van der Waals surface area contributed by atoms with Crippen molar-refractivity contribution in [2.24, 2.45) is 11.8 Å². The molecule has 2 unspecified atom stereocenters. The highest BCUT2D eigenvalue weighted by Crippen LogP contribution is 2.41. The van der Waals surface area contributed by atoms with Crippen molar-refractivity contribution in [3.8, 4) is 5.75 Å². The van der Waals surface area contributed by atoms with Crippen LogP contribution in [0.5, 0.6) is 5.75 Å². The molecule has 2 aliphatic rings. The van der Waals surface area contributed by atoms with Gasteiger partial charge in [0, 0.05) is 6.08 Å². The Balaban J connectivity index is 1.30.